The maximum absolute atomic E-state index is 12.4. The Balaban J connectivity index is 3.15. The van der Waals surface area contributed by atoms with Crippen molar-refractivity contribution in [3.8, 4) is 5.88 Å². The normalized spacial score (nSPS) is 11.3. The second kappa shape index (κ2) is 6.56. The number of carbonyl (C=O) groups is 1. The highest BCUT2D eigenvalue weighted by atomic mass is 19.4. The Morgan fingerprint density at radius 2 is 2.10 bits per heavy atom. The highest BCUT2D eigenvalue weighted by Crippen LogP contribution is 2.28. The fourth-order valence-corrected chi connectivity index (χ4v) is 1.61. The Kier molecular flexibility index (Phi) is 5.32. The Hall–Kier alpha value is -1.83. The monoisotopic (exact) mass is 292 g/mol. The van der Waals surface area contributed by atoms with E-state index >= 15 is 0 Å². The molecule has 0 unspecified atom stereocenters. The lowest BCUT2D eigenvalue weighted by Crippen LogP contribution is -2.21. The molecular formula is C12H15F3N2O3. The molecule has 0 aliphatic heterocycles. The van der Waals surface area contributed by atoms with Crippen LogP contribution in [0.2, 0.25) is 0 Å². The molecule has 1 heterocycles. The minimum absolute atomic E-state index is 0.0330. The first-order valence-corrected chi connectivity index (χ1v) is 5.87. The molecule has 0 amide bonds. The molecule has 0 aromatic carbocycles. The summed E-state index contributed by atoms with van der Waals surface area (Å²) in [4.78, 5) is 15.1. The Morgan fingerprint density at radius 3 is 2.60 bits per heavy atom. The van der Waals surface area contributed by atoms with Gasteiger partial charge in [0.1, 0.15) is 0 Å². The van der Waals surface area contributed by atoms with Gasteiger partial charge in [0.05, 0.1) is 18.7 Å². The van der Waals surface area contributed by atoms with Crippen LogP contribution in [0.25, 0.3) is 0 Å². The lowest BCUT2D eigenvalue weighted by atomic mass is 10.1. The zero-order chi connectivity index (χ0) is 15.3. The van der Waals surface area contributed by atoms with Gasteiger partial charge >= 0.3 is 12.3 Å². The molecule has 0 aliphatic carbocycles. The summed E-state index contributed by atoms with van der Waals surface area (Å²) >= 11 is 0. The van der Waals surface area contributed by atoms with Crippen LogP contribution in [0.5, 0.6) is 5.88 Å². The number of halogens is 3. The number of alkyl halides is 3. The molecule has 0 aliphatic rings. The van der Waals surface area contributed by atoms with Crippen LogP contribution >= 0.6 is 0 Å². The van der Waals surface area contributed by atoms with Gasteiger partial charge in [-0.05, 0) is 25.5 Å². The molecule has 0 saturated heterocycles. The number of nitrogens with two attached hydrogens (primary N) is 1. The smallest absolute Gasteiger partial charge is 0.466 e. The van der Waals surface area contributed by atoms with E-state index in [1.54, 1.807) is 13.8 Å². The van der Waals surface area contributed by atoms with Gasteiger partial charge < -0.3 is 15.2 Å². The summed E-state index contributed by atoms with van der Waals surface area (Å²) in [6, 6.07) is 1.51. The first kappa shape index (κ1) is 16.2. The molecular weight excluding hydrogens is 277 g/mol. The number of hydrogen-bond donors (Lipinski definition) is 1. The average molecular weight is 292 g/mol. The van der Waals surface area contributed by atoms with Gasteiger partial charge in [-0.15, -0.1) is 13.2 Å². The number of nitrogens with zero attached hydrogens (tertiary/aromatic N) is 1. The summed E-state index contributed by atoms with van der Waals surface area (Å²) in [6.07, 6.45) is -5.24. The van der Waals surface area contributed by atoms with Crippen LogP contribution in [0.3, 0.4) is 0 Å². The van der Waals surface area contributed by atoms with E-state index in [1.807, 2.05) is 0 Å². The summed E-state index contributed by atoms with van der Waals surface area (Å²) in [5, 5.41) is 0. The highest BCUT2D eigenvalue weighted by Gasteiger charge is 2.33. The summed E-state index contributed by atoms with van der Waals surface area (Å²) in [5.74, 6) is -1.31. The molecule has 0 atom stereocenters. The van der Waals surface area contributed by atoms with E-state index in [0.717, 1.165) is 0 Å². The number of ether oxygens (including phenoxy) is 2. The third-order valence-electron chi connectivity index (χ3n) is 2.41. The minimum Gasteiger partial charge on any atom is -0.466 e. The van der Waals surface area contributed by atoms with Crippen molar-refractivity contribution in [2.75, 3.05) is 6.61 Å². The van der Waals surface area contributed by atoms with Crippen molar-refractivity contribution < 1.29 is 27.4 Å². The summed E-state index contributed by atoms with van der Waals surface area (Å²) < 4.78 is 45.7. The lowest BCUT2D eigenvalue weighted by molar-refractivity contribution is -0.276. The molecule has 0 spiro atoms. The van der Waals surface area contributed by atoms with E-state index in [4.69, 9.17) is 10.5 Å². The van der Waals surface area contributed by atoms with E-state index in [2.05, 4.69) is 9.72 Å². The van der Waals surface area contributed by atoms with E-state index in [-0.39, 0.29) is 30.8 Å². The van der Waals surface area contributed by atoms with Crippen molar-refractivity contribution >= 4 is 5.97 Å². The predicted octanol–water partition coefficient (Wildman–Crippen LogP) is 1.85. The number of aromatic nitrogens is 1. The maximum atomic E-state index is 12.4. The van der Waals surface area contributed by atoms with Gasteiger partial charge in [0.2, 0.25) is 5.88 Å². The molecule has 2 N–H and O–H groups in total. The topological polar surface area (TPSA) is 74.4 Å². The zero-order valence-electron chi connectivity index (χ0n) is 11.1. The molecule has 5 nitrogen and oxygen atoms in total. The number of aryl methyl sites for hydroxylation is 1. The third kappa shape index (κ3) is 4.69. The summed E-state index contributed by atoms with van der Waals surface area (Å²) in [5.41, 5.74) is 6.08. The van der Waals surface area contributed by atoms with Crippen LogP contribution in [0.4, 0.5) is 13.2 Å². The number of pyridine rings is 1. The Morgan fingerprint density at radius 1 is 1.45 bits per heavy atom. The molecule has 0 saturated carbocycles. The number of hydrogen-bond acceptors (Lipinski definition) is 5. The van der Waals surface area contributed by atoms with Gasteiger partial charge in [0, 0.05) is 12.1 Å². The van der Waals surface area contributed by atoms with Crippen LogP contribution in [0, 0.1) is 6.92 Å². The van der Waals surface area contributed by atoms with Crippen molar-refractivity contribution in [3.63, 3.8) is 0 Å². The molecule has 0 bridgehead atoms. The van der Waals surface area contributed by atoms with Gasteiger partial charge in [-0.3, -0.25) is 4.79 Å². The second-order valence-corrected chi connectivity index (χ2v) is 3.95. The maximum Gasteiger partial charge on any atom is 0.574 e. The largest absolute Gasteiger partial charge is 0.574 e. The van der Waals surface area contributed by atoms with Crippen molar-refractivity contribution in [3.05, 3.63) is 22.9 Å². The van der Waals surface area contributed by atoms with E-state index in [1.165, 1.54) is 6.07 Å². The SMILES string of the molecule is CCOC(=O)Cc1c(C)cc(CN)nc1OC(F)(F)F. The lowest BCUT2D eigenvalue weighted by Gasteiger charge is -2.15. The van der Waals surface area contributed by atoms with E-state index in [0.29, 0.717) is 5.56 Å². The standard InChI is InChI=1S/C12H15F3N2O3/c1-3-19-10(18)5-9-7(2)4-8(6-16)17-11(9)20-12(13,14)15/h4H,3,5-6,16H2,1-2H3. The van der Waals surface area contributed by atoms with Gasteiger partial charge in [-0.2, -0.15) is 0 Å². The van der Waals surface area contributed by atoms with E-state index in [9.17, 15) is 18.0 Å². The third-order valence-corrected chi connectivity index (χ3v) is 2.41. The molecule has 8 heteroatoms. The molecule has 20 heavy (non-hydrogen) atoms. The molecule has 1 aromatic rings. The first-order chi connectivity index (χ1) is 9.26. The molecule has 1 aromatic heterocycles. The minimum atomic E-state index is -4.89. The molecule has 0 fully saturated rings. The number of rotatable bonds is 5. The summed E-state index contributed by atoms with van der Waals surface area (Å²) in [7, 11) is 0. The van der Waals surface area contributed by atoms with Crippen LogP contribution < -0.4 is 10.5 Å². The first-order valence-electron chi connectivity index (χ1n) is 5.87. The van der Waals surface area contributed by atoms with Crippen molar-refractivity contribution in [1.82, 2.24) is 4.98 Å². The van der Waals surface area contributed by atoms with Gasteiger partial charge in [0.25, 0.3) is 0 Å². The van der Waals surface area contributed by atoms with Gasteiger partial charge in [0.15, 0.2) is 0 Å². The predicted molar refractivity (Wildman–Crippen MR) is 63.9 cm³/mol. The van der Waals surface area contributed by atoms with Crippen LogP contribution in [-0.2, 0) is 22.5 Å². The fourth-order valence-electron chi connectivity index (χ4n) is 1.61. The van der Waals surface area contributed by atoms with Crippen molar-refractivity contribution in [2.45, 2.75) is 33.2 Å². The van der Waals surface area contributed by atoms with E-state index < -0.39 is 18.2 Å². The Bertz CT molecular complexity index is 490. The summed E-state index contributed by atoms with van der Waals surface area (Å²) in [6.45, 7) is 3.27. The van der Waals surface area contributed by atoms with Gasteiger partial charge in [-0.25, -0.2) is 4.98 Å². The van der Waals surface area contributed by atoms with Crippen molar-refractivity contribution in [2.24, 2.45) is 5.73 Å². The van der Waals surface area contributed by atoms with Crippen LogP contribution in [0.15, 0.2) is 6.07 Å². The molecule has 1 rings (SSSR count). The number of esters is 1. The zero-order valence-corrected chi connectivity index (χ0v) is 11.1. The second-order valence-electron chi connectivity index (χ2n) is 3.95. The molecule has 0 radical (unpaired) electrons. The Labute approximate surface area is 113 Å². The fraction of sp³-hybridized carbons (Fsp3) is 0.500. The quantitative estimate of drug-likeness (QED) is 0.838. The average Bonchev–Trinajstić information content (AvgIpc) is 2.31. The molecule has 112 valence electrons. The van der Waals surface area contributed by atoms with Crippen molar-refractivity contribution in [1.29, 1.82) is 0 Å². The highest BCUT2D eigenvalue weighted by molar-refractivity contribution is 5.73. The van der Waals surface area contributed by atoms with Crippen LogP contribution in [-0.4, -0.2) is 23.9 Å². The van der Waals surface area contributed by atoms with Crippen LogP contribution in [0.1, 0.15) is 23.7 Å². The van der Waals surface area contributed by atoms with Gasteiger partial charge in [-0.1, -0.05) is 0 Å². The number of carbonyl (C=O) groups excluding carboxylic acids is 1.